The van der Waals surface area contributed by atoms with Gasteiger partial charge in [0.05, 0.1) is 6.61 Å². The van der Waals surface area contributed by atoms with E-state index in [1.165, 1.54) is 18.4 Å². The zero-order valence-electron chi connectivity index (χ0n) is 11.9. The molecule has 0 bridgehead atoms. The van der Waals surface area contributed by atoms with E-state index in [9.17, 15) is 0 Å². The summed E-state index contributed by atoms with van der Waals surface area (Å²) in [7, 11) is 1.71. The maximum Gasteiger partial charge on any atom is 0.223 e. The maximum absolute atomic E-state index is 5.82. The van der Waals surface area contributed by atoms with Crippen molar-refractivity contribution in [1.29, 1.82) is 0 Å². The third kappa shape index (κ3) is 4.02. The number of nitrogens with zero attached hydrogens (tertiary/aromatic N) is 2. The number of aromatic nitrogens is 2. The van der Waals surface area contributed by atoms with Gasteiger partial charge in [-0.15, -0.1) is 0 Å². The van der Waals surface area contributed by atoms with E-state index in [1.54, 1.807) is 13.2 Å². The maximum atomic E-state index is 5.82. The topological polar surface area (TPSA) is 44.2 Å². The zero-order chi connectivity index (χ0) is 14.7. The van der Waals surface area contributed by atoms with Crippen molar-refractivity contribution in [3.63, 3.8) is 0 Å². The van der Waals surface area contributed by atoms with Gasteiger partial charge in [0.15, 0.2) is 0 Å². The molecular formula is C16H17BrN2O2. The molecule has 4 nitrogen and oxygen atoms in total. The summed E-state index contributed by atoms with van der Waals surface area (Å²) >= 11 is 3.42. The van der Waals surface area contributed by atoms with Gasteiger partial charge in [-0.2, -0.15) is 4.98 Å². The first-order valence-electron chi connectivity index (χ1n) is 7.05. The molecule has 0 unspecified atom stereocenters. The van der Waals surface area contributed by atoms with Crippen LogP contribution in [0.3, 0.4) is 0 Å². The minimum atomic E-state index is 0.501. The van der Waals surface area contributed by atoms with Crippen LogP contribution in [0.25, 0.3) is 0 Å². The molecule has 1 saturated carbocycles. The van der Waals surface area contributed by atoms with Crippen molar-refractivity contribution < 1.29 is 9.47 Å². The second-order valence-corrected chi connectivity index (χ2v) is 5.96. The first-order valence-corrected chi connectivity index (χ1v) is 7.84. The SMILES string of the molecule is COCCc1ccc(Oc2cc(Br)nc(C3CC3)n2)cc1. The average Bonchev–Trinajstić information content (AvgIpc) is 3.30. The molecule has 1 aliphatic carbocycles. The molecule has 0 radical (unpaired) electrons. The Morgan fingerprint density at radius 1 is 1.19 bits per heavy atom. The number of hydrogen-bond donors (Lipinski definition) is 0. The first kappa shape index (κ1) is 14.5. The molecule has 1 fully saturated rings. The number of methoxy groups -OCH3 is 1. The molecule has 1 heterocycles. The Morgan fingerprint density at radius 3 is 2.62 bits per heavy atom. The molecule has 21 heavy (non-hydrogen) atoms. The Hall–Kier alpha value is -1.46. The quantitative estimate of drug-likeness (QED) is 0.737. The Balaban J connectivity index is 1.70. The molecule has 5 heteroatoms. The van der Waals surface area contributed by atoms with Gasteiger partial charge in [0.2, 0.25) is 5.88 Å². The lowest BCUT2D eigenvalue weighted by Crippen LogP contribution is -1.97. The van der Waals surface area contributed by atoms with Crippen LogP contribution < -0.4 is 4.74 Å². The summed E-state index contributed by atoms with van der Waals surface area (Å²) in [5.74, 6) is 2.74. The van der Waals surface area contributed by atoms with Gasteiger partial charge in [-0.1, -0.05) is 12.1 Å². The van der Waals surface area contributed by atoms with Gasteiger partial charge >= 0.3 is 0 Å². The Morgan fingerprint density at radius 2 is 1.95 bits per heavy atom. The second kappa shape index (κ2) is 6.54. The molecule has 0 atom stereocenters. The van der Waals surface area contributed by atoms with Crippen LogP contribution in [-0.4, -0.2) is 23.7 Å². The van der Waals surface area contributed by atoms with E-state index in [0.717, 1.165) is 29.2 Å². The van der Waals surface area contributed by atoms with Gasteiger partial charge in [-0.05, 0) is 52.9 Å². The van der Waals surface area contributed by atoms with Crippen LogP contribution in [0.4, 0.5) is 0 Å². The van der Waals surface area contributed by atoms with E-state index >= 15 is 0 Å². The molecule has 0 N–H and O–H groups in total. The lowest BCUT2D eigenvalue weighted by molar-refractivity contribution is 0.202. The molecule has 3 rings (SSSR count). The molecule has 1 aliphatic rings. The summed E-state index contributed by atoms with van der Waals surface area (Å²) < 4.78 is 11.7. The predicted molar refractivity (Wildman–Crippen MR) is 83.8 cm³/mol. The van der Waals surface area contributed by atoms with Crippen molar-refractivity contribution >= 4 is 15.9 Å². The average molecular weight is 349 g/mol. The fourth-order valence-corrected chi connectivity index (χ4v) is 2.43. The highest BCUT2D eigenvalue weighted by atomic mass is 79.9. The van der Waals surface area contributed by atoms with Crippen molar-refractivity contribution in [1.82, 2.24) is 9.97 Å². The molecule has 2 aromatic rings. The number of halogens is 1. The van der Waals surface area contributed by atoms with Crippen LogP contribution in [0.5, 0.6) is 11.6 Å². The zero-order valence-corrected chi connectivity index (χ0v) is 13.5. The predicted octanol–water partition coefficient (Wildman–Crippen LogP) is 4.10. The molecule has 1 aromatic heterocycles. The van der Waals surface area contributed by atoms with E-state index < -0.39 is 0 Å². The third-order valence-electron chi connectivity index (χ3n) is 3.37. The van der Waals surface area contributed by atoms with Gasteiger partial charge in [0, 0.05) is 19.1 Å². The lowest BCUT2D eigenvalue weighted by atomic mass is 10.1. The third-order valence-corrected chi connectivity index (χ3v) is 3.78. The molecular weight excluding hydrogens is 332 g/mol. The lowest BCUT2D eigenvalue weighted by Gasteiger charge is -2.08. The second-order valence-electron chi connectivity index (χ2n) is 5.15. The standard InChI is InChI=1S/C16H17BrN2O2/c1-20-9-8-11-2-6-13(7-3-11)21-15-10-14(17)18-16(19-15)12-4-5-12/h2-3,6-7,10,12H,4-5,8-9H2,1H3. The molecule has 0 saturated heterocycles. The van der Waals surface area contributed by atoms with Crippen LogP contribution >= 0.6 is 15.9 Å². The van der Waals surface area contributed by atoms with Gasteiger partial charge < -0.3 is 9.47 Å². The van der Waals surface area contributed by atoms with Gasteiger partial charge in [-0.3, -0.25) is 0 Å². The molecule has 0 amide bonds. The largest absolute Gasteiger partial charge is 0.439 e. The summed E-state index contributed by atoms with van der Waals surface area (Å²) in [6.07, 6.45) is 3.25. The van der Waals surface area contributed by atoms with Crippen LogP contribution in [0.1, 0.15) is 30.1 Å². The minimum absolute atomic E-state index is 0.501. The van der Waals surface area contributed by atoms with E-state index in [1.807, 2.05) is 24.3 Å². The fourth-order valence-electron chi connectivity index (χ4n) is 2.05. The van der Waals surface area contributed by atoms with Crippen LogP contribution in [0, 0.1) is 0 Å². The first-order chi connectivity index (χ1) is 10.2. The Labute approximate surface area is 132 Å². The Kier molecular flexibility index (Phi) is 4.51. The monoisotopic (exact) mass is 348 g/mol. The van der Waals surface area contributed by atoms with Crippen LogP contribution in [0.2, 0.25) is 0 Å². The summed E-state index contributed by atoms with van der Waals surface area (Å²) in [6, 6.07) is 9.80. The van der Waals surface area contributed by atoms with Gasteiger partial charge in [0.1, 0.15) is 16.2 Å². The van der Waals surface area contributed by atoms with E-state index in [4.69, 9.17) is 9.47 Å². The number of ether oxygens (including phenoxy) is 2. The summed E-state index contributed by atoms with van der Waals surface area (Å²) in [6.45, 7) is 0.726. The van der Waals surface area contributed by atoms with Crippen molar-refractivity contribution in [3.8, 4) is 11.6 Å². The minimum Gasteiger partial charge on any atom is -0.439 e. The van der Waals surface area contributed by atoms with Crippen molar-refractivity contribution in [2.75, 3.05) is 13.7 Å². The fraction of sp³-hybridized carbons (Fsp3) is 0.375. The van der Waals surface area contributed by atoms with Gasteiger partial charge in [0.25, 0.3) is 0 Å². The summed E-state index contributed by atoms with van der Waals surface area (Å²) in [5.41, 5.74) is 1.23. The van der Waals surface area contributed by atoms with E-state index in [2.05, 4.69) is 25.9 Å². The summed E-state index contributed by atoms with van der Waals surface area (Å²) in [5, 5.41) is 0. The van der Waals surface area contributed by atoms with Crippen molar-refractivity contribution in [2.24, 2.45) is 0 Å². The highest BCUT2D eigenvalue weighted by molar-refractivity contribution is 9.10. The normalized spacial score (nSPS) is 14.2. The van der Waals surface area contributed by atoms with Crippen molar-refractivity contribution in [2.45, 2.75) is 25.2 Å². The van der Waals surface area contributed by atoms with E-state index in [-0.39, 0.29) is 0 Å². The molecule has 0 spiro atoms. The highest BCUT2D eigenvalue weighted by Gasteiger charge is 2.27. The van der Waals surface area contributed by atoms with Gasteiger partial charge in [-0.25, -0.2) is 4.98 Å². The smallest absolute Gasteiger partial charge is 0.223 e. The summed E-state index contributed by atoms with van der Waals surface area (Å²) in [4.78, 5) is 8.88. The molecule has 0 aliphatic heterocycles. The van der Waals surface area contributed by atoms with E-state index in [0.29, 0.717) is 11.8 Å². The molecule has 110 valence electrons. The van der Waals surface area contributed by atoms with Crippen molar-refractivity contribution in [3.05, 3.63) is 46.3 Å². The van der Waals surface area contributed by atoms with Crippen LogP contribution in [-0.2, 0) is 11.2 Å². The highest BCUT2D eigenvalue weighted by Crippen LogP contribution is 2.39. The number of hydrogen-bond acceptors (Lipinski definition) is 4. The number of rotatable bonds is 6. The Bertz CT molecular complexity index is 612. The number of benzene rings is 1. The molecule has 1 aromatic carbocycles. The van der Waals surface area contributed by atoms with Crippen LogP contribution in [0.15, 0.2) is 34.9 Å².